The monoisotopic (exact) mass is 342 g/mol. The Morgan fingerprint density at radius 1 is 0.652 bits per heavy atom. The number of rotatable bonds is 4. The molecular weight excluding hydrogens is 320 g/mol. The van der Waals surface area contributed by atoms with Crippen LogP contribution in [0.2, 0.25) is 0 Å². The Morgan fingerprint density at radius 3 is 1.78 bits per heavy atom. The molecule has 0 bridgehead atoms. The lowest BCUT2D eigenvalue weighted by molar-refractivity contribution is -0.355. The molecule has 2 rings (SSSR count). The first kappa shape index (κ1) is 18.9. The van der Waals surface area contributed by atoms with E-state index in [2.05, 4.69) is 0 Å². The van der Waals surface area contributed by atoms with Crippen molar-refractivity contribution in [3.63, 3.8) is 0 Å². The maximum Gasteiger partial charge on any atom is 0.187 e. The van der Waals surface area contributed by atoms with Crippen LogP contribution >= 0.6 is 0 Å². The summed E-state index contributed by atoms with van der Waals surface area (Å²) in [5, 5.41) is 76.8. The fourth-order valence-corrected chi connectivity index (χ4v) is 2.56. The molecule has 0 aromatic rings. The van der Waals surface area contributed by atoms with Gasteiger partial charge in [-0.2, -0.15) is 0 Å². The molecule has 11 heteroatoms. The molecule has 2 saturated heterocycles. The fraction of sp³-hybridized carbons (Fsp3) is 1.00. The van der Waals surface area contributed by atoms with E-state index in [-0.39, 0.29) is 0 Å². The lowest BCUT2D eigenvalue weighted by atomic mass is 9.97. The van der Waals surface area contributed by atoms with Gasteiger partial charge in [0.25, 0.3) is 0 Å². The Bertz CT molecular complexity index is 380. The van der Waals surface area contributed by atoms with Crippen molar-refractivity contribution in [3.8, 4) is 0 Å². The molecule has 136 valence electrons. The Hall–Kier alpha value is -0.440. The van der Waals surface area contributed by atoms with Gasteiger partial charge >= 0.3 is 0 Å². The minimum Gasteiger partial charge on any atom is -0.394 e. The quantitative estimate of drug-likeness (QED) is 0.243. The second-order valence-electron chi connectivity index (χ2n) is 5.53. The van der Waals surface area contributed by atoms with E-state index in [0.717, 1.165) is 0 Å². The van der Waals surface area contributed by atoms with Gasteiger partial charge in [-0.1, -0.05) is 0 Å². The third-order valence-electron chi connectivity index (χ3n) is 3.98. The molecule has 0 unspecified atom stereocenters. The average molecular weight is 342 g/mol. The van der Waals surface area contributed by atoms with Gasteiger partial charge in [0, 0.05) is 0 Å². The summed E-state index contributed by atoms with van der Waals surface area (Å²) in [7, 11) is 0. The Morgan fingerprint density at radius 2 is 1.22 bits per heavy atom. The van der Waals surface area contributed by atoms with Crippen LogP contribution < -0.4 is 0 Å². The molecule has 0 spiro atoms. The summed E-state index contributed by atoms with van der Waals surface area (Å²) in [6.07, 6.45) is -15.7. The smallest absolute Gasteiger partial charge is 0.187 e. The van der Waals surface area contributed by atoms with Gasteiger partial charge in [-0.15, -0.1) is 0 Å². The Balaban J connectivity index is 2.11. The largest absolute Gasteiger partial charge is 0.394 e. The normalized spacial score (nSPS) is 51.7. The maximum absolute atomic E-state index is 10.00. The van der Waals surface area contributed by atoms with Crippen LogP contribution in [0.1, 0.15) is 0 Å². The van der Waals surface area contributed by atoms with Gasteiger partial charge in [0.1, 0.15) is 48.8 Å². The van der Waals surface area contributed by atoms with Crippen molar-refractivity contribution < 1.29 is 55.1 Å². The van der Waals surface area contributed by atoms with Crippen LogP contribution in [0.5, 0.6) is 0 Å². The zero-order valence-electron chi connectivity index (χ0n) is 12.0. The van der Waals surface area contributed by atoms with Crippen molar-refractivity contribution in [2.75, 3.05) is 13.2 Å². The van der Waals surface area contributed by atoms with Crippen molar-refractivity contribution in [2.24, 2.45) is 0 Å². The molecule has 0 aromatic carbocycles. The highest BCUT2D eigenvalue weighted by Crippen LogP contribution is 2.28. The summed E-state index contributed by atoms with van der Waals surface area (Å²) in [6.45, 7) is -1.34. The average Bonchev–Trinajstić information content (AvgIpc) is 2.54. The maximum atomic E-state index is 10.00. The minimum absolute atomic E-state index is 0.667. The van der Waals surface area contributed by atoms with Crippen molar-refractivity contribution in [1.82, 2.24) is 0 Å². The highest BCUT2D eigenvalue weighted by atomic mass is 16.7. The molecule has 2 heterocycles. The zero-order chi connectivity index (χ0) is 17.3. The SMILES string of the molecule is OC[C@H]1O[C@@H](O[C@@H]2[C@H](O)[C@@H](O)O[C@H](CO)[C@H]2O)[C@H](O)[C@@H](O)[C@H]1O. The van der Waals surface area contributed by atoms with Crippen molar-refractivity contribution >= 4 is 0 Å². The minimum atomic E-state index is -1.76. The van der Waals surface area contributed by atoms with Crippen LogP contribution in [-0.2, 0) is 14.2 Å². The van der Waals surface area contributed by atoms with Gasteiger partial charge in [0.15, 0.2) is 12.6 Å². The predicted octanol–water partition coefficient (Wildman–Crippen LogP) is -5.40. The number of aliphatic hydroxyl groups excluding tert-OH is 8. The topological polar surface area (TPSA) is 190 Å². The number of aliphatic hydroxyl groups is 8. The Labute approximate surface area is 130 Å². The summed E-state index contributed by atoms with van der Waals surface area (Å²) in [6, 6.07) is 0. The molecule has 2 aliphatic heterocycles. The van der Waals surface area contributed by atoms with Crippen LogP contribution in [0.3, 0.4) is 0 Å². The van der Waals surface area contributed by atoms with Gasteiger partial charge in [0.2, 0.25) is 0 Å². The first-order valence-electron chi connectivity index (χ1n) is 7.08. The summed E-state index contributed by atoms with van der Waals surface area (Å²) in [4.78, 5) is 0. The summed E-state index contributed by atoms with van der Waals surface area (Å²) in [5.41, 5.74) is 0. The van der Waals surface area contributed by atoms with Gasteiger partial charge in [0.05, 0.1) is 13.2 Å². The molecule has 8 N–H and O–H groups in total. The molecule has 0 amide bonds. The fourth-order valence-electron chi connectivity index (χ4n) is 2.56. The van der Waals surface area contributed by atoms with Crippen molar-refractivity contribution in [1.29, 1.82) is 0 Å². The first-order chi connectivity index (χ1) is 10.8. The molecule has 11 nitrogen and oxygen atoms in total. The number of hydrogen-bond acceptors (Lipinski definition) is 11. The van der Waals surface area contributed by atoms with Crippen molar-refractivity contribution in [3.05, 3.63) is 0 Å². The molecule has 2 aliphatic rings. The van der Waals surface area contributed by atoms with E-state index < -0.39 is 74.6 Å². The molecule has 2 fully saturated rings. The molecule has 0 aliphatic carbocycles. The van der Waals surface area contributed by atoms with E-state index >= 15 is 0 Å². The lowest BCUT2D eigenvalue weighted by Crippen LogP contribution is -2.64. The summed E-state index contributed by atoms with van der Waals surface area (Å²) < 4.78 is 15.1. The highest BCUT2D eigenvalue weighted by Gasteiger charge is 2.50. The van der Waals surface area contributed by atoms with Crippen molar-refractivity contribution in [2.45, 2.75) is 61.4 Å². The first-order valence-corrected chi connectivity index (χ1v) is 7.08. The van der Waals surface area contributed by atoms with E-state index in [9.17, 15) is 30.6 Å². The zero-order valence-corrected chi connectivity index (χ0v) is 12.0. The summed E-state index contributed by atoms with van der Waals surface area (Å²) >= 11 is 0. The second-order valence-corrected chi connectivity index (χ2v) is 5.53. The van der Waals surface area contributed by atoms with E-state index in [4.69, 9.17) is 24.4 Å². The predicted molar refractivity (Wildman–Crippen MR) is 68.6 cm³/mol. The van der Waals surface area contributed by atoms with E-state index in [1.54, 1.807) is 0 Å². The molecular formula is C12H22O11. The van der Waals surface area contributed by atoms with Crippen LogP contribution in [0.25, 0.3) is 0 Å². The number of hydrogen-bond donors (Lipinski definition) is 8. The van der Waals surface area contributed by atoms with Gasteiger partial charge in [-0.05, 0) is 0 Å². The standard InChI is InChI=1S/C12H22O11/c13-1-3-5(15)7(17)8(18)12(22-3)23-10-6(16)4(2-14)21-11(20)9(10)19/h3-20H,1-2H2/t3-,4-,5+,6-,7+,8-,9+,10+,11+,12+/m1/s1. The third-order valence-corrected chi connectivity index (χ3v) is 3.98. The van der Waals surface area contributed by atoms with Gasteiger partial charge < -0.3 is 55.1 Å². The molecule has 0 aromatic heterocycles. The van der Waals surface area contributed by atoms with E-state index in [1.165, 1.54) is 0 Å². The second kappa shape index (κ2) is 7.63. The molecule has 23 heavy (non-hydrogen) atoms. The molecule has 0 radical (unpaired) electrons. The van der Waals surface area contributed by atoms with Crippen LogP contribution in [-0.4, -0.2) is 115 Å². The Kier molecular flexibility index (Phi) is 6.27. The lowest BCUT2D eigenvalue weighted by Gasteiger charge is -2.45. The van der Waals surface area contributed by atoms with E-state index in [0.29, 0.717) is 0 Å². The number of ether oxygens (including phenoxy) is 3. The summed E-state index contributed by atoms with van der Waals surface area (Å²) in [5.74, 6) is 0. The van der Waals surface area contributed by atoms with Crippen LogP contribution in [0, 0.1) is 0 Å². The third kappa shape index (κ3) is 3.65. The van der Waals surface area contributed by atoms with E-state index in [1.807, 2.05) is 0 Å². The van der Waals surface area contributed by atoms with Gasteiger partial charge in [-0.25, -0.2) is 0 Å². The highest BCUT2D eigenvalue weighted by molar-refractivity contribution is 4.93. The molecule has 10 atom stereocenters. The van der Waals surface area contributed by atoms with Crippen LogP contribution in [0.15, 0.2) is 0 Å². The van der Waals surface area contributed by atoms with Crippen LogP contribution in [0.4, 0.5) is 0 Å². The van der Waals surface area contributed by atoms with Gasteiger partial charge in [-0.3, -0.25) is 0 Å². The molecule has 0 saturated carbocycles.